The molecule has 244 valence electrons. The van der Waals surface area contributed by atoms with Crippen LogP contribution in [0, 0.1) is 0 Å². The monoisotopic (exact) mass is 625 g/mol. The highest BCUT2D eigenvalue weighted by atomic mass is 16.5. The van der Waals surface area contributed by atoms with Crippen molar-refractivity contribution in [1.29, 1.82) is 0 Å². The first-order chi connectivity index (χ1) is 21.7. The van der Waals surface area contributed by atoms with E-state index >= 15 is 0 Å². The van der Waals surface area contributed by atoms with Gasteiger partial charge >= 0.3 is 6.03 Å². The number of carbonyl (C=O) groups is 2. The molecule has 10 nitrogen and oxygen atoms in total. The van der Waals surface area contributed by atoms with Crippen molar-refractivity contribution < 1.29 is 14.3 Å². The van der Waals surface area contributed by atoms with Crippen LogP contribution in [0.3, 0.4) is 0 Å². The van der Waals surface area contributed by atoms with Crippen molar-refractivity contribution in [2.75, 3.05) is 26.0 Å². The van der Waals surface area contributed by atoms with Crippen molar-refractivity contribution in [3.8, 4) is 5.75 Å². The van der Waals surface area contributed by atoms with Crippen molar-refractivity contribution in [1.82, 2.24) is 29.8 Å². The van der Waals surface area contributed by atoms with Gasteiger partial charge in [0, 0.05) is 28.6 Å². The molecular weight excluding hydrogens is 578 g/mol. The zero-order valence-electron chi connectivity index (χ0n) is 28.3. The lowest BCUT2D eigenvalue weighted by Crippen LogP contribution is -2.35. The Hall–Kier alpha value is -4.31. The Labute approximate surface area is 272 Å². The van der Waals surface area contributed by atoms with Crippen LogP contribution in [0.4, 0.5) is 10.5 Å². The number of amides is 2. The molecule has 5 rings (SSSR count). The Bertz CT molecular complexity index is 1710. The molecule has 3 heterocycles. The van der Waals surface area contributed by atoms with Gasteiger partial charge in [0.1, 0.15) is 23.4 Å². The number of ether oxygens (including phenoxy) is 1. The van der Waals surface area contributed by atoms with Gasteiger partial charge in [-0.15, -0.1) is 10.2 Å². The number of ketones is 1. The zero-order chi connectivity index (χ0) is 33.2. The second-order valence-corrected chi connectivity index (χ2v) is 14.5. The molecule has 0 unspecified atom stereocenters. The Morgan fingerprint density at radius 3 is 2.39 bits per heavy atom. The zero-order valence-corrected chi connectivity index (χ0v) is 28.3. The topological polar surface area (TPSA) is 114 Å². The van der Waals surface area contributed by atoms with E-state index < -0.39 is 0 Å². The highest BCUT2D eigenvalue weighted by Gasteiger charge is 2.30. The van der Waals surface area contributed by atoms with Crippen LogP contribution >= 0.6 is 0 Å². The number of Topliss-reactive ketones (excluding diaryl/α,β-unsaturated/α-hetero) is 1. The maximum absolute atomic E-state index is 13.4. The number of nitrogens with zero attached hydrogens (tertiary/aromatic N) is 5. The summed E-state index contributed by atoms with van der Waals surface area (Å²) in [5.74, 6) is 1.58. The average molecular weight is 626 g/mol. The minimum Gasteiger partial charge on any atom is -0.484 e. The summed E-state index contributed by atoms with van der Waals surface area (Å²) in [5.41, 5.74) is 4.08. The highest BCUT2D eigenvalue weighted by molar-refractivity contribution is 5.97. The van der Waals surface area contributed by atoms with Crippen LogP contribution in [0.1, 0.15) is 113 Å². The number of aromatic nitrogens is 4. The van der Waals surface area contributed by atoms with Gasteiger partial charge < -0.3 is 20.3 Å². The predicted molar refractivity (Wildman–Crippen MR) is 181 cm³/mol. The molecule has 4 aromatic rings. The number of anilines is 1. The van der Waals surface area contributed by atoms with Gasteiger partial charge in [-0.05, 0) is 75.3 Å². The maximum Gasteiger partial charge on any atom is 0.319 e. The molecule has 2 amide bonds. The minimum absolute atomic E-state index is 0.0262. The Morgan fingerprint density at radius 2 is 1.70 bits per heavy atom. The summed E-state index contributed by atoms with van der Waals surface area (Å²) >= 11 is 0. The summed E-state index contributed by atoms with van der Waals surface area (Å²) in [6.07, 6.45) is 4.37. The smallest absolute Gasteiger partial charge is 0.319 e. The number of urea groups is 1. The van der Waals surface area contributed by atoms with Gasteiger partial charge in [-0.25, -0.2) is 9.78 Å². The SMILES string of the molecule is CN(C)CCCC(=O)c1cc(NC(=O)N[C@H]2CC[C@@H](Oc3ccc4nnc(C(C)(C)C)n4c3)c3ccccc32)cc(C(C)(C)C)n1. The number of pyridine rings is 2. The normalized spacial score (nSPS) is 16.7. The summed E-state index contributed by atoms with van der Waals surface area (Å²) in [6, 6.07) is 15.0. The second kappa shape index (κ2) is 13.2. The van der Waals surface area contributed by atoms with Crippen LogP contribution in [0.2, 0.25) is 0 Å². The third-order valence-electron chi connectivity index (χ3n) is 8.21. The summed E-state index contributed by atoms with van der Waals surface area (Å²) in [6.45, 7) is 13.3. The molecular formula is C36H47N7O3. The first-order valence-electron chi connectivity index (χ1n) is 16.1. The number of benzene rings is 1. The fourth-order valence-electron chi connectivity index (χ4n) is 5.78. The third kappa shape index (κ3) is 7.73. The van der Waals surface area contributed by atoms with Crippen LogP contribution in [0.25, 0.3) is 5.65 Å². The standard InChI is InChI=1S/C36H47N7O3/c1-35(2,3)31-21-23(20-28(38-31)29(44)14-11-19-42(7)8)37-34(45)39-27-16-17-30(26-13-10-9-12-25(26)27)46-24-15-18-32-40-41-33(36(4,5)6)43(32)22-24/h9-10,12-13,15,18,20-22,27,30H,11,14,16-17,19H2,1-8H3,(H2,37,38,39,45)/t27-,30+/m0/s1. The molecule has 0 fully saturated rings. The number of rotatable bonds is 9. The van der Waals surface area contributed by atoms with Gasteiger partial charge in [-0.2, -0.15) is 0 Å². The van der Waals surface area contributed by atoms with Crippen LogP contribution in [0.15, 0.2) is 54.7 Å². The van der Waals surface area contributed by atoms with E-state index in [2.05, 4.69) is 57.6 Å². The van der Waals surface area contributed by atoms with Gasteiger partial charge in [-0.1, -0.05) is 65.8 Å². The van der Waals surface area contributed by atoms with E-state index in [1.807, 2.05) is 81.9 Å². The molecule has 0 radical (unpaired) electrons. The minimum atomic E-state index is -0.330. The van der Waals surface area contributed by atoms with E-state index in [4.69, 9.17) is 4.74 Å². The lowest BCUT2D eigenvalue weighted by atomic mass is 9.85. The van der Waals surface area contributed by atoms with E-state index in [-0.39, 0.29) is 34.8 Å². The van der Waals surface area contributed by atoms with Gasteiger partial charge in [0.2, 0.25) is 0 Å². The third-order valence-corrected chi connectivity index (χ3v) is 8.21. The second-order valence-electron chi connectivity index (χ2n) is 14.5. The largest absolute Gasteiger partial charge is 0.484 e. The summed E-state index contributed by atoms with van der Waals surface area (Å²) in [4.78, 5) is 33.2. The van der Waals surface area contributed by atoms with Crippen molar-refractivity contribution >= 4 is 23.1 Å². The lowest BCUT2D eigenvalue weighted by Gasteiger charge is -2.32. The molecule has 1 aromatic carbocycles. The van der Waals surface area contributed by atoms with Crippen LogP contribution in [0.5, 0.6) is 5.75 Å². The molecule has 2 N–H and O–H groups in total. The van der Waals surface area contributed by atoms with Gasteiger partial charge in [0.05, 0.1) is 12.2 Å². The average Bonchev–Trinajstić information content (AvgIpc) is 3.42. The van der Waals surface area contributed by atoms with Crippen LogP contribution < -0.4 is 15.4 Å². The van der Waals surface area contributed by atoms with Gasteiger partial charge in [0.25, 0.3) is 0 Å². The Morgan fingerprint density at radius 1 is 0.957 bits per heavy atom. The van der Waals surface area contributed by atoms with E-state index in [0.717, 1.165) is 53.4 Å². The molecule has 3 aromatic heterocycles. The summed E-state index contributed by atoms with van der Waals surface area (Å²) in [7, 11) is 3.98. The molecule has 46 heavy (non-hydrogen) atoms. The number of nitrogens with one attached hydrogen (secondary N) is 2. The maximum atomic E-state index is 13.4. The summed E-state index contributed by atoms with van der Waals surface area (Å²) in [5, 5.41) is 14.9. The van der Waals surface area contributed by atoms with Crippen LogP contribution in [-0.2, 0) is 10.8 Å². The molecule has 0 aliphatic heterocycles. The Kier molecular flexibility index (Phi) is 9.49. The lowest BCUT2D eigenvalue weighted by molar-refractivity contribution is 0.0972. The van der Waals surface area contributed by atoms with Crippen molar-refractivity contribution in [2.45, 2.75) is 90.2 Å². The number of hydrogen-bond donors (Lipinski definition) is 2. The van der Waals surface area contributed by atoms with E-state index in [9.17, 15) is 9.59 Å². The van der Waals surface area contributed by atoms with Crippen molar-refractivity contribution in [3.63, 3.8) is 0 Å². The van der Waals surface area contributed by atoms with E-state index in [0.29, 0.717) is 24.2 Å². The van der Waals surface area contributed by atoms with Gasteiger partial charge in [0.15, 0.2) is 11.4 Å². The molecule has 0 saturated carbocycles. The van der Waals surface area contributed by atoms with E-state index in [1.165, 1.54) is 0 Å². The first kappa shape index (κ1) is 33.1. The first-order valence-corrected chi connectivity index (χ1v) is 16.1. The molecule has 0 saturated heterocycles. The molecule has 1 aliphatic carbocycles. The highest BCUT2D eigenvalue weighted by Crippen LogP contribution is 2.39. The molecule has 0 bridgehead atoms. The fourth-order valence-corrected chi connectivity index (χ4v) is 5.78. The molecule has 1 aliphatic rings. The van der Waals surface area contributed by atoms with Crippen LogP contribution in [-0.4, -0.2) is 56.9 Å². The Balaban J connectivity index is 1.31. The van der Waals surface area contributed by atoms with Gasteiger partial charge in [-0.3, -0.25) is 9.20 Å². The number of fused-ring (bicyclic) bond motifs is 2. The quantitative estimate of drug-likeness (QED) is 0.192. The summed E-state index contributed by atoms with van der Waals surface area (Å²) < 4.78 is 8.54. The molecule has 2 atom stereocenters. The molecule has 0 spiro atoms. The fraction of sp³-hybridized carbons (Fsp3) is 0.472. The van der Waals surface area contributed by atoms with E-state index in [1.54, 1.807) is 6.07 Å². The van der Waals surface area contributed by atoms with Crippen molar-refractivity contribution in [2.24, 2.45) is 0 Å². The van der Waals surface area contributed by atoms with Crippen molar-refractivity contribution in [3.05, 3.63) is 83.1 Å². The number of hydrogen-bond acceptors (Lipinski definition) is 7. The molecule has 10 heteroatoms. The number of carbonyl (C=O) groups excluding carboxylic acids is 2. The predicted octanol–water partition coefficient (Wildman–Crippen LogP) is 7.02.